The largest absolute Gasteiger partial charge is 0.456 e. The second-order valence-electron chi connectivity index (χ2n) is 4.49. The van der Waals surface area contributed by atoms with Gasteiger partial charge in [0.25, 0.3) is 0 Å². The molecule has 0 saturated carbocycles. The average molecular weight is 296 g/mol. The molecular weight excluding hydrogens is 281 g/mol. The Morgan fingerprint density at radius 1 is 1.05 bits per heavy atom. The summed E-state index contributed by atoms with van der Waals surface area (Å²) in [5.74, 6) is 1.31. The minimum atomic E-state index is -0.0515. The normalized spacial score (nSPS) is 12.3. The van der Waals surface area contributed by atoms with Gasteiger partial charge in [0, 0.05) is 11.1 Å². The minimum Gasteiger partial charge on any atom is -0.456 e. The van der Waals surface area contributed by atoms with E-state index in [2.05, 4.69) is 0 Å². The highest BCUT2D eigenvalue weighted by molar-refractivity contribution is 6.32. The zero-order valence-corrected chi connectivity index (χ0v) is 12.3. The fourth-order valence-electron chi connectivity index (χ4n) is 1.69. The number of hydrogen-bond donors (Lipinski definition) is 1. The molecule has 0 unspecified atom stereocenters. The zero-order valence-electron chi connectivity index (χ0n) is 10.8. The molecule has 0 aliphatic carbocycles. The van der Waals surface area contributed by atoms with E-state index in [9.17, 15) is 0 Å². The topological polar surface area (TPSA) is 35.2 Å². The van der Waals surface area contributed by atoms with Crippen molar-refractivity contribution in [2.45, 2.75) is 19.9 Å². The number of rotatable bonds is 3. The summed E-state index contributed by atoms with van der Waals surface area (Å²) in [7, 11) is 0. The lowest BCUT2D eigenvalue weighted by Gasteiger charge is -2.11. The third-order valence-corrected chi connectivity index (χ3v) is 3.56. The molecule has 2 nitrogen and oxygen atoms in total. The van der Waals surface area contributed by atoms with Crippen molar-refractivity contribution in [3.8, 4) is 11.5 Å². The van der Waals surface area contributed by atoms with Crippen molar-refractivity contribution < 1.29 is 4.74 Å². The van der Waals surface area contributed by atoms with Crippen molar-refractivity contribution >= 4 is 23.2 Å². The molecule has 2 N–H and O–H groups in total. The Hall–Kier alpha value is -1.22. The second kappa shape index (κ2) is 5.83. The van der Waals surface area contributed by atoms with Gasteiger partial charge in [0.2, 0.25) is 0 Å². The summed E-state index contributed by atoms with van der Waals surface area (Å²) in [6, 6.07) is 11.0. The lowest BCUT2D eigenvalue weighted by molar-refractivity contribution is 0.482. The van der Waals surface area contributed by atoms with Crippen molar-refractivity contribution in [2.24, 2.45) is 5.73 Å². The van der Waals surface area contributed by atoms with Gasteiger partial charge in [-0.3, -0.25) is 0 Å². The second-order valence-corrected chi connectivity index (χ2v) is 5.31. The molecule has 2 aromatic carbocycles. The molecule has 0 heterocycles. The molecule has 0 bridgehead atoms. The summed E-state index contributed by atoms with van der Waals surface area (Å²) in [6.45, 7) is 3.84. The minimum absolute atomic E-state index is 0.0515. The summed E-state index contributed by atoms with van der Waals surface area (Å²) >= 11 is 12.2. The van der Waals surface area contributed by atoms with Crippen LogP contribution in [-0.2, 0) is 0 Å². The summed E-state index contributed by atoms with van der Waals surface area (Å²) < 4.78 is 5.75. The van der Waals surface area contributed by atoms with Crippen LogP contribution in [0.4, 0.5) is 0 Å². The van der Waals surface area contributed by atoms with Crippen molar-refractivity contribution in [1.29, 1.82) is 0 Å². The van der Waals surface area contributed by atoms with Crippen molar-refractivity contribution in [1.82, 2.24) is 0 Å². The van der Waals surface area contributed by atoms with E-state index < -0.39 is 0 Å². The molecule has 100 valence electrons. The van der Waals surface area contributed by atoms with E-state index in [0.717, 1.165) is 11.1 Å². The van der Waals surface area contributed by atoms with Crippen LogP contribution in [0.15, 0.2) is 36.4 Å². The molecule has 0 amide bonds. The van der Waals surface area contributed by atoms with E-state index >= 15 is 0 Å². The maximum Gasteiger partial charge on any atom is 0.146 e. The first-order chi connectivity index (χ1) is 8.97. The molecular formula is C15H15Cl2NO. The highest BCUT2D eigenvalue weighted by atomic mass is 35.5. The van der Waals surface area contributed by atoms with Crippen LogP contribution in [-0.4, -0.2) is 0 Å². The van der Waals surface area contributed by atoms with Crippen molar-refractivity contribution in [3.05, 3.63) is 57.6 Å². The van der Waals surface area contributed by atoms with Crippen LogP contribution in [0.5, 0.6) is 11.5 Å². The van der Waals surface area contributed by atoms with Gasteiger partial charge in [-0.2, -0.15) is 0 Å². The molecule has 0 aliphatic heterocycles. The van der Waals surface area contributed by atoms with Crippen LogP contribution in [0.3, 0.4) is 0 Å². The number of aryl methyl sites for hydroxylation is 1. The zero-order chi connectivity index (χ0) is 14.0. The Morgan fingerprint density at radius 2 is 1.79 bits per heavy atom. The highest BCUT2D eigenvalue weighted by Crippen LogP contribution is 2.32. The fourth-order valence-corrected chi connectivity index (χ4v) is 2.04. The number of benzene rings is 2. The van der Waals surface area contributed by atoms with Crippen LogP contribution < -0.4 is 10.5 Å². The third-order valence-electron chi connectivity index (χ3n) is 2.84. The summed E-state index contributed by atoms with van der Waals surface area (Å²) in [6.07, 6.45) is 0. The van der Waals surface area contributed by atoms with Crippen LogP contribution in [0.2, 0.25) is 10.0 Å². The molecule has 0 saturated heterocycles. The molecule has 2 aromatic rings. The molecule has 0 radical (unpaired) electrons. The van der Waals surface area contributed by atoms with Gasteiger partial charge in [-0.05, 0) is 55.3 Å². The van der Waals surface area contributed by atoms with Gasteiger partial charge in [0.15, 0.2) is 0 Å². The lowest BCUT2D eigenvalue weighted by atomic mass is 10.1. The van der Waals surface area contributed by atoms with Crippen LogP contribution >= 0.6 is 23.2 Å². The number of halogens is 2. The Balaban J connectivity index is 2.25. The van der Waals surface area contributed by atoms with E-state index in [0.29, 0.717) is 21.5 Å². The molecule has 1 atom stereocenters. The summed E-state index contributed by atoms with van der Waals surface area (Å²) in [4.78, 5) is 0. The fraction of sp³-hybridized carbons (Fsp3) is 0.200. The highest BCUT2D eigenvalue weighted by Gasteiger charge is 2.07. The van der Waals surface area contributed by atoms with Gasteiger partial charge in [0.05, 0.1) is 5.02 Å². The van der Waals surface area contributed by atoms with E-state index in [1.807, 2.05) is 44.2 Å². The van der Waals surface area contributed by atoms with Gasteiger partial charge in [-0.25, -0.2) is 0 Å². The molecule has 0 aliphatic rings. The van der Waals surface area contributed by atoms with E-state index in [1.165, 1.54) is 0 Å². The van der Waals surface area contributed by atoms with Crippen LogP contribution in [0.25, 0.3) is 0 Å². The number of nitrogens with two attached hydrogens (primary N) is 1. The Kier molecular flexibility index (Phi) is 4.35. The molecule has 0 fully saturated rings. The van der Waals surface area contributed by atoms with Crippen molar-refractivity contribution in [3.63, 3.8) is 0 Å². The predicted octanol–water partition coefficient (Wildman–Crippen LogP) is 5.11. The summed E-state index contributed by atoms with van der Waals surface area (Å²) in [5.41, 5.74) is 7.74. The van der Waals surface area contributed by atoms with Crippen LogP contribution in [0.1, 0.15) is 24.1 Å². The Morgan fingerprint density at radius 3 is 2.37 bits per heavy atom. The third kappa shape index (κ3) is 3.41. The maximum atomic E-state index is 6.19. The van der Waals surface area contributed by atoms with Gasteiger partial charge >= 0.3 is 0 Å². The van der Waals surface area contributed by atoms with E-state index in [-0.39, 0.29) is 6.04 Å². The molecule has 4 heteroatoms. The number of ether oxygens (including phenoxy) is 1. The Labute approximate surface area is 123 Å². The van der Waals surface area contributed by atoms with E-state index in [4.69, 9.17) is 33.7 Å². The maximum absolute atomic E-state index is 6.19. The Bertz CT molecular complexity index is 597. The first-order valence-electron chi connectivity index (χ1n) is 5.96. The monoisotopic (exact) mass is 295 g/mol. The van der Waals surface area contributed by atoms with Gasteiger partial charge in [0.1, 0.15) is 11.5 Å². The first kappa shape index (κ1) is 14.2. The standard InChI is InChI=1S/C15H15Cl2NO/c1-9-7-12(4-5-13(9)16)19-15-6-3-11(10(2)18)8-14(15)17/h3-8,10H,18H2,1-2H3/t10-/m1/s1. The lowest BCUT2D eigenvalue weighted by Crippen LogP contribution is -2.04. The molecule has 2 rings (SSSR count). The van der Waals surface area contributed by atoms with Gasteiger partial charge in [-0.15, -0.1) is 0 Å². The van der Waals surface area contributed by atoms with Gasteiger partial charge in [-0.1, -0.05) is 29.3 Å². The molecule has 19 heavy (non-hydrogen) atoms. The van der Waals surface area contributed by atoms with E-state index in [1.54, 1.807) is 6.07 Å². The van der Waals surface area contributed by atoms with Crippen molar-refractivity contribution in [2.75, 3.05) is 0 Å². The quantitative estimate of drug-likeness (QED) is 0.853. The van der Waals surface area contributed by atoms with Crippen LogP contribution in [0, 0.1) is 6.92 Å². The number of hydrogen-bond acceptors (Lipinski definition) is 2. The first-order valence-corrected chi connectivity index (χ1v) is 6.72. The van der Waals surface area contributed by atoms with Gasteiger partial charge < -0.3 is 10.5 Å². The molecule has 0 aromatic heterocycles. The predicted molar refractivity (Wildman–Crippen MR) is 80.3 cm³/mol. The average Bonchev–Trinajstić information content (AvgIpc) is 2.36. The molecule has 0 spiro atoms. The summed E-state index contributed by atoms with van der Waals surface area (Å²) in [5, 5.41) is 1.26. The SMILES string of the molecule is Cc1cc(Oc2ccc([C@@H](C)N)cc2Cl)ccc1Cl. The smallest absolute Gasteiger partial charge is 0.146 e.